The van der Waals surface area contributed by atoms with Gasteiger partial charge in [-0.05, 0) is 12.1 Å². The summed E-state index contributed by atoms with van der Waals surface area (Å²) in [6.45, 7) is 3.63. The van der Waals surface area contributed by atoms with E-state index in [4.69, 9.17) is 14.5 Å². The van der Waals surface area contributed by atoms with E-state index in [2.05, 4.69) is 6.58 Å². The highest BCUT2D eigenvalue weighted by Crippen LogP contribution is 2.32. The molecule has 0 saturated heterocycles. The Labute approximate surface area is 123 Å². The third-order valence-electron chi connectivity index (χ3n) is 3.26. The van der Waals surface area contributed by atoms with E-state index in [9.17, 15) is 0 Å². The van der Waals surface area contributed by atoms with Crippen LogP contribution in [0.5, 0.6) is 11.5 Å². The first kappa shape index (κ1) is 13.2. The van der Waals surface area contributed by atoms with Crippen LogP contribution in [0.15, 0.2) is 67.4 Å². The van der Waals surface area contributed by atoms with Crippen LogP contribution in [0.25, 0.3) is 22.2 Å². The zero-order valence-corrected chi connectivity index (χ0v) is 11.7. The molecule has 3 aromatic rings. The van der Waals surface area contributed by atoms with Crippen LogP contribution in [0.3, 0.4) is 0 Å². The van der Waals surface area contributed by atoms with Gasteiger partial charge in [0.15, 0.2) is 0 Å². The zero-order chi connectivity index (χ0) is 14.7. The third kappa shape index (κ3) is 2.58. The van der Waals surface area contributed by atoms with E-state index in [1.807, 2.05) is 54.6 Å². The van der Waals surface area contributed by atoms with E-state index in [0.717, 1.165) is 33.7 Å². The number of rotatable bonds is 4. The third-order valence-corrected chi connectivity index (χ3v) is 3.26. The maximum Gasteiger partial charge on any atom is 0.138 e. The Morgan fingerprint density at radius 1 is 1.05 bits per heavy atom. The van der Waals surface area contributed by atoms with Crippen molar-refractivity contribution in [1.29, 1.82) is 0 Å². The minimum Gasteiger partial charge on any atom is -0.497 e. The molecular formula is C18H15NO2. The predicted molar refractivity (Wildman–Crippen MR) is 84.6 cm³/mol. The molecule has 0 radical (unpaired) electrons. The van der Waals surface area contributed by atoms with Crippen LogP contribution in [-0.2, 0) is 0 Å². The summed E-state index contributed by atoms with van der Waals surface area (Å²) in [6, 6.07) is 17.6. The van der Waals surface area contributed by atoms with E-state index in [-0.39, 0.29) is 0 Å². The minimum atomic E-state index is 0.733. The number of aromatic nitrogens is 1. The largest absolute Gasteiger partial charge is 0.497 e. The van der Waals surface area contributed by atoms with Gasteiger partial charge in [-0.3, -0.25) is 0 Å². The van der Waals surface area contributed by atoms with Crippen molar-refractivity contribution in [3.63, 3.8) is 0 Å². The first-order valence-corrected chi connectivity index (χ1v) is 6.63. The second-order valence-electron chi connectivity index (χ2n) is 4.54. The van der Waals surface area contributed by atoms with E-state index in [1.54, 1.807) is 7.11 Å². The van der Waals surface area contributed by atoms with Gasteiger partial charge in [-0.1, -0.05) is 36.9 Å². The standard InChI is InChI=1S/C18H15NO2/c1-3-21-18-12-16(13-7-5-4-6-8-13)19-17-11-14(20-2)9-10-15(17)18/h3-12H,1H2,2H3. The van der Waals surface area contributed by atoms with Gasteiger partial charge in [0.25, 0.3) is 0 Å². The van der Waals surface area contributed by atoms with Gasteiger partial charge in [0.1, 0.15) is 11.5 Å². The Hall–Kier alpha value is -2.81. The van der Waals surface area contributed by atoms with Crippen molar-refractivity contribution in [2.45, 2.75) is 0 Å². The normalized spacial score (nSPS) is 10.3. The highest BCUT2D eigenvalue weighted by Gasteiger charge is 2.09. The molecule has 3 rings (SSSR count). The molecule has 0 atom stereocenters. The molecule has 0 aliphatic carbocycles. The van der Waals surface area contributed by atoms with Gasteiger partial charge < -0.3 is 9.47 Å². The maximum atomic E-state index is 5.54. The van der Waals surface area contributed by atoms with Crippen LogP contribution in [0, 0.1) is 0 Å². The molecule has 0 aliphatic heterocycles. The molecule has 3 heteroatoms. The first-order chi connectivity index (χ1) is 10.3. The Morgan fingerprint density at radius 2 is 1.86 bits per heavy atom. The van der Waals surface area contributed by atoms with Gasteiger partial charge in [0.05, 0.1) is 24.6 Å². The summed E-state index contributed by atoms with van der Waals surface area (Å²) in [6.07, 6.45) is 1.42. The molecule has 0 N–H and O–H groups in total. The van der Waals surface area contributed by atoms with E-state index in [1.165, 1.54) is 6.26 Å². The van der Waals surface area contributed by atoms with Crippen LogP contribution < -0.4 is 9.47 Å². The fourth-order valence-electron chi connectivity index (χ4n) is 2.25. The molecule has 104 valence electrons. The highest BCUT2D eigenvalue weighted by molar-refractivity contribution is 5.89. The smallest absolute Gasteiger partial charge is 0.138 e. The fourth-order valence-corrected chi connectivity index (χ4v) is 2.25. The summed E-state index contributed by atoms with van der Waals surface area (Å²) < 4.78 is 10.8. The molecular weight excluding hydrogens is 262 g/mol. The number of benzene rings is 2. The second kappa shape index (κ2) is 5.67. The van der Waals surface area contributed by atoms with Crippen molar-refractivity contribution in [2.24, 2.45) is 0 Å². The zero-order valence-electron chi connectivity index (χ0n) is 11.7. The molecule has 0 unspecified atom stereocenters. The van der Waals surface area contributed by atoms with Crippen molar-refractivity contribution < 1.29 is 9.47 Å². The molecule has 0 saturated carbocycles. The van der Waals surface area contributed by atoms with Gasteiger partial charge in [0, 0.05) is 23.1 Å². The summed E-state index contributed by atoms with van der Waals surface area (Å²) in [5, 5.41) is 0.926. The molecule has 0 fully saturated rings. The quantitative estimate of drug-likeness (QED) is 0.661. The SMILES string of the molecule is C=COc1cc(-c2ccccc2)nc2cc(OC)ccc12. The van der Waals surface area contributed by atoms with Gasteiger partial charge in [-0.15, -0.1) is 0 Å². The van der Waals surface area contributed by atoms with Crippen molar-refractivity contribution >= 4 is 10.9 Å². The maximum absolute atomic E-state index is 5.54. The van der Waals surface area contributed by atoms with Gasteiger partial charge in [-0.25, -0.2) is 4.98 Å². The Balaban J connectivity index is 2.24. The number of fused-ring (bicyclic) bond motifs is 1. The number of methoxy groups -OCH3 is 1. The summed E-state index contributed by atoms with van der Waals surface area (Å²) in [7, 11) is 1.64. The van der Waals surface area contributed by atoms with Gasteiger partial charge in [-0.2, -0.15) is 0 Å². The molecule has 0 aliphatic rings. The molecule has 1 aromatic heterocycles. The van der Waals surface area contributed by atoms with Gasteiger partial charge >= 0.3 is 0 Å². The number of pyridine rings is 1. The summed E-state index contributed by atoms with van der Waals surface area (Å²) in [4.78, 5) is 4.70. The number of nitrogens with zero attached hydrogens (tertiary/aromatic N) is 1. The van der Waals surface area contributed by atoms with Crippen molar-refractivity contribution in [3.05, 3.63) is 67.4 Å². The Morgan fingerprint density at radius 3 is 2.57 bits per heavy atom. The van der Waals surface area contributed by atoms with Crippen LogP contribution in [0.4, 0.5) is 0 Å². The van der Waals surface area contributed by atoms with E-state index >= 15 is 0 Å². The average molecular weight is 277 g/mol. The van der Waals surface area contributed by atoms with E-state index < -0.39 is 0 Å². The fraction of sp³-hybridized carbons (Fsp3) is 0.0556. The van der Waals surface area contributed by atoms with Crippen LogP contribution >= 0.6 is 0 Å². The molecule has 21 heavy (non-hydrogen) atoms. The van der Waals surface area contributed by atoms with Gasteiger partial charge in [0.2, 0.25) is 0 Å². The van der Waals surface area contributed by atoms with Crippen LogP contribution in [-0.4, -0.2) is 12.1 Å². The Kier molecular flexibility index (Phi) is 3.56. The monoisotopic (exact) mass is 277 g/mol. The summed E-state index contributed by atoms with van der Waals surface area (Å²) in [5.41, 5.74) is 2.72. The number of ether oxygens (including phenoxy) is 2. The van der Waals surface area contributed by atoms with Crippen LogP contribution in [0.1, 0.15) is 0 Å². The molecule has 0 spiro atoms. The van der Waals surface area contributed by atoms with Crippen molar-refractivity contribution in [1.82, 2.24) is 4.98 Å². The molecule has 0 amide bonds. The topological polar surface area (TPSA) is 31.4 Å². The van der Waals surface area contributed by atoms with Crippen molar-refractivity contribution in [3.8, 4) is 22.8 Å². The lowest BCUT2D eigenvalue weighted by atomic mass is 10.1. The summed E-state index contributed by atoms with van der Waals surface area (Å²) >= 11 is 0. The average Bonchev–Trinajstić information content (AvgIpc) is 2.55. The molecule has 3 nitrogen and oxygen atoms in total. The minimum absolute atomic E-state index is 0.733. The lowest BCUT2D eigenvalue weighted by Gasteiger charge is -2.10. The molecule has 2 aromatic carbocycles. The number of hydrogen-bond donors (Lipinski definition) is 0. The molecule has 0 bridgehead atoms. The molecule has 1 heterocycles. The first-order valence-electron chi connectivity index (χ1n) is 6.63. The van der Waals surface area contributed by atoms with Crippen LogP contribution in [0.2, 0.25) is 0 Å². The highest BCUT2D eigenvalue weighted by atomic mass is 16.5. The number of hydrogen-bond acceptors (Lipinski definition) is 3. The Bertz CT molecular complexity index is 782. The van der Waals surface area contributed by atoms with Crippen molar-refractivity contribution in [2.75, 3.05) is 7.11 Å². The van der Waals surface area contributed by atoms with E-state index in [0.29, 0.717) is 0 Å². The summed E-state index contributed by atoms with van der Waals surface area (Å²) in [5.74, 6) is 1.50. The second-order valence-corrected chi connectivity index (χ2v) is 4.54. The lowest BCUT2D eigenvalue weighted by Crippen LogP contribution is -1.91. The lowest BCUT2D eigenvalue weighted by molar-refractivity contribution is 0.415. The predicted octanol–water partition coefficient (Wildman–Crippen LogP) is 4.43.